The Bertz CT molecular complexity index is 547. The zero-order chi connectivity index (χ0) is 11.8. The van der Waals surface area contributed by atoms with Crippen molar-refractivity contribution in [3.63, 3.8) is 0 Å². The first-order chi connectivity index (χ1) is 8.25. The molecule has 0 aliphatic heterocycles. The number of rotatable bonds is 2. The molecule has 1 aliphatic carbocycles. The molecule has 1 heterocycles. The van der Waals surface area contributed by atoms with Gasteiger partial charge in [0.1, 0.15) is 0 Å². The van der Waals surface area contributed by atoms with Gasteiger partial charge in [0.2, 0.25) is 0 Å². The molecule has 0 spiro atoms. The summed E-state index contributed by atoms with van der Waals surface area (Å²) in [5.74, 6) is 0. The quantitative estimate of drug-likeness (QED) is 0.890. The second-order valence-electron chi connectivity index (χ2n) is 4.53. The highest BCUT2D eigenvalue weighted by molar-refractivity contribution is 9.10. The molecule has 0 saturated heterocycles. The van der Waals surface area contributed by atoms with Crippen molar-refractivity contribution in [2.75, 3.05) is 0 Å². The van der Waals surface area contributed by atoms with Crippen molar-refractivity contribution in [2.45, 2.75) is 25.3 Å². The van der Waals surface area contributed by atoms with Gasteiger partial charge in [0.25, 0.3) is 0 Å². The molecule has 1 aliphatic rings. The van der Waals surface area contributed by atoms with E-state index in [1.807, 2.05) is 0 Å². The van der Waals surface area contributed by atoms with Gasteiger partial charge in [-0.1, -0.05) is 18.2 Å². The third-order valence-electron chi connectivity index (χ3n) is 3.46. The summed E-state index contributed by atoms with van der Waals surface area (Å²) in [6.07, 6.45) is 3.73. The lowest BCUT2D eigenvalue weighted by Gasteiger charge is -2.13. The zero-order valence-electron chi connectivity index (χ0n) is 9.45. The summed E-state index contributed by atoms with van der Waals surface area (Å²) >= 11 is 5.24. The Morgan fingerprint density at radius 1 is 1.18 bits per heavy atom. The van der Waals surface area contributed by atoms with Gasteiger partial charge in [0.15, 0.2) is 0 Å². The highest BCUT2D eigenvalue weighted by Crippen LogP contribution is 2.32. The van der Waals surface area contributed by atoms with E-state index in [-0.39, 0.29) is 6.04 Å². The molecule has 1 aromatic heterocycles. The third-order valence-corrected chi connectivity index (χ3v) is 5.21. The Balaban J connectivity index is 1.97. The lowest BCUT2D eigenvalue weighted by atomic mass is 9.98. The minimum atomic E-state index is -0.0125. The first kappa shape index (κ1) is 11.5. The number of fused-ring (bicyclic) bond motifs is 1. The van der Waals surface area contributed by atoms with Gasteiger partial charge in [-0.2, -0.15) is 11.3 Å². The monoisotopic (exact) mass is 307 g/mol. The Hall–Kier alpha value is -0.640. The Labute approximate surface area is 114 Å². The maximum atomic E-state index is 6.33. The molecule has 2 aromatic rings. The van der Waals surface area contributed by atoms with Crippen LogP contribution in [0.25, 0.3) is 0 Å². The number of aryl methyl sites for hydroxylation is 2. The van der Waals surface area contributed by atoms with Gasteiger partial charge in [0.05, 0.1) is 6.04 Å². The van der Waals surface area contributed by atoms with Crippen LogP contribution in [0.15, 0.2) is 33.4 Å². The SMILES string of the molecule is NC(c1ccc2c(c1)CCC2)c1cscc1Br. The van der Waals surface area contributed by atoms with E-state index in [1.54, 1.807) is 11.3 Å². The van der Waals surface area contributed by atoms with Gasteiger partial charge >= 0.3 is 0 Å². The van der Waals surface area contributed by atoms with Crippen LogP contribution in [0.5, 0.6) is 0 Å². The average Bonchev–Trinajstić information content (AvgIpc) is 2.95. The number of halogens is 1. The second-order valence-corrected chi connectivity index (χ2v) is 6.13. The molecule has 17 heavy (non-hydrogen) atoms. The van der Waals surface area contributed by atoms with Crippen molar-refractivity contribution < 1.29 is 0 Å². The number of hydrogen-bond acceptors (Lipinski definition) is 2. The molecule has 0 bridgehead atoms. The highest BCUT2D eigenvalue weighted by atomic mass is 79.9. The van der Waals surface area contributed by atoms with Crippen LogP contribution in [-0.2, 0) is 12.8 Å². The highest BCUT2D eigenvalue weighted by Gasteiger charge is 2.16. The van der Waals surface area contributed by atoms with Crippen molar-refractivity contribution in [2.24, 2.45) is 5.73 Å². The maximum Gasteiger partial charge on any atom is 0.0571 e. The normalized spacial score (nSPS) is 15.9. The molecule has 1 aromatic carbocycles. The minimum absolute atomic E-state index is 0.0125. The van der Waals surface area contributed by atoms with E-state index in [2.05, 4.69) is 44.9 Å². The van der Waals surface area contributed by atoms with Crippen LogP contribution in [0, 0.1) is 0 Å². The van der Waals surface area contributed by atoms with E-state index in [0.29, 0.717) is 0 Å². The molecule has 3 rings (SSSR count). The number of nitrogens with two attached hydrogens (primary N) is 1. The third kappa shape index (κ3) is 2.07. The summed E-state index contributed by atoms with van der Waals surface area (Å²) in [5.41, 5.74) is 11.7. The van der Waals surface area contributed by atoms with Crippen molar-refractivity contribution in [3.8, 4) is 0 Å². The van der Waals surface area contributed by atoms with Crippen LogP contribution in [0.3, 0.4) is 0 Å². The first-order valence-corrected chi connectivity index (χ1v) is 7.58. The topological polar surface area (TPSA) is 26.0 Å². The molecular formula is C14H14BrNS. The van der Waals surface area contributed by atoms with E-state index in [9.17, 15) is 0 Å². The second kappa shape index (κ2) is 4.56. The van der Waals surface area contributed by atoms with Gasteiger partial charge in [-0.3, -0.25) is 0 Å². The van der Waals surface area contributed by atoms with Gasteiger partial charge < -0.3 is 5.73 Å². The summed E-state index contributed by atoms with van der Waals surface area (Å²) in [7, 11) is 0. The molecule has 1 unspecified atom stereocenters. The summed E-state index contributed by atoms with van der Waals surface area (Å²) in [5, 5.41) is 4.21. The molecule has 0 amide bonds. The number of hydrogen-bond donors (Lipinski definition) is 1. The van der Waals surface area contributed by atoms with Crippen molar-refractivity contribution >= 4 is 27.3 Å². The van der Waals surface area contributed by atoms with Crippen LogP contribution in [-0.4, -0.2) is 0 Å². The molecule has 2 N–H and O–H groups in total. The fourth-order valence-corrected chi connectivity index (χ4v) is 4.06. The summed E-state index contributed by atoms with van der Waals surface area (Å²) in [6, 6.07) is 6.70. The van der Waals surface area contributed by atoms with E-state index >= 15 is 0 Å². The molecule has 1 atom stereocenters. The standard InChI is InChI=1S/C14H14BrNS/c15-13-8-17-7-12(13)14(16)11-5-4-9-2-1-3-10(9)6-11/h4-8,14H,1-3,16H2. The maximum absolute atomic E-state index is 6.33. The van der Waals surface area contributed by atoms with E-state index in [1.165, 1.54) is 41.5 Å². The van der Waals surface area contributed by atoms with Crippen LogP contribution < -0.4 is 5.73 Å². The molecule has 0 radical (unpaired) electrons. The van der Waals surface area contributed by atoms with E-state index in [0.717, 1.165) is 4.47 Å². The van der Waals surface area contributed by atoms with Gasteiger partial charge in [-0.15, -0.1) is 0 Å². The van der Waals surface area contributed by atoms with Crippen LogP contribution in [0.1, 0.15) is 34.7 Å². The van der Waals surface area contributed by atoms with Crippen molar-refractivity contribution in [1.29, 1.82) is 0 Å². The van der Waals surface area contributed by atoms with Crippen LogP contribution in [0.4, 0.5) is 0 Å². The number of thiophene rings is 1. The fourth-order valence-electron chi connectivity index (χ4n) is 2.48. The molecule has 3 heteroatoms. The van der Waals surface area contributed by atoms with Gasteiger partial charge in [-0.05, 0) is 62.8 Å². The predicted octanol–water partition coefficient (Wildman–Crippen LogP) is 4.05. The van der Waals surface area contributed by atoms with Crippen LogP contribution >= 0.6 is 27.3 Å². The summed E-state index contributed by atoms with van der Waals surface area (Å²) in [4.78, 5) is 0. The van der Waals surface area contributed by atoms with E-state index in [4.69, 9.17) is 5.73 Å². The summed E-state index contributed by atoms with van der Waals surface area (Å²) in [6.45, 7) is 0. The van der Waals surface area contributed by atoms with Gasteiger partial charge in [-0.25, -0.2) is 0 Å². The summed E-state index contributed by atoms with van der Waals surface area (Å²) < 4.78 is 1.12. The Morgan fingerprint density at radius 3 is 2.76 bits per heavy atom. The van der Waals surface area contributed by atoms with E-state index < -0.39 is 0 Å². The average molecular weight is 308 g/mol. The van der Waals surface area contributed by atoms with Gasteiger partial charge in [0, 0.05) is 9.85 Å². The minimum Gasteiger partial charge on any atom is -0.320 e. The van der Waals surface area contributed by atoms with Crippen molar-refractivity contribution in [3.05, 3.63) is 55.7 Å². The fraction of sp³-hybridized carbons (Fsp3) is 0.286. The first-order valence-electron chi connectivity index (χ1n) is 5.84. The largest absolute Gasteiger partial charge is 0.320 e. The molecule has 0 fully saturated rings. The molecule has 0 saturated carbocycles. The molecule has 88 valence electrons. The Morgan fingerprint density at radius 2 is 2.00 bits per heavy atom. The van der Waals surface area contributed by atoms with Crippen LogP contribution in [0.2, 0.25) is 0 Å². The lowest BCUT2D eigenvalue weighted by Crippen LogP contribution is -2.11. The molecular weight excluding hydrogens is 294 g/mol. The number of benzene rings is 1. The lowest BCUT2D eigenvalue weighted by molar-refractivity contribution is 0.867. The molecule has 1 nitrogen and oxygen atoms in total. The Kier molecular flexibility index (Phi) is 3.07. The zero-order valence-corrected chi connectivity index (χ0v) is 11.9. The van der Waals surface area contributed by atoms with Crippen molar-refractivity contribution in [1.82, 2.24) is 0 Å². The predicted molar refractivity (Wildman–Crippen MR) is 76.5 cm³/mol. The smallest absolute Gasteiger partial charge is 0.0571 e.